The standard InChI is InChI=1S/C21H20N4OS/c1-14-4-5-16(3)18(10-14)24-9-7-22-21(24)27-13-17-12-20(26)25-8-6-15(2)11-19(25)23-17/h4-12H,13H2,1-3H3. The maximum absolute atomic E-state index is 12.3. The molecule has 1 aromatic carbocycles. The number of pyridine rings is 1. The van der Waals surface area contributed by atoms with Gasteiger partial charge in [-0.2, -0.15) is 0 Å². The predicted molar refractivity (Wildman–Crippen MR) is 109 cm³/mol. The van der Waals surface area contributed by atoms with Crippen LogP contribution in [0.5, 0.6) is 0 Å². The first-order valence-corrected chi connectivity index (χ1v) is 9.72. The van der Waals surface area contributed by atoms with E-state index in [0.717, 1.165) is 22.1 Å². The third-order valence-corrected chi connectivity index (χ3v) is 5.46. The smallest absolute Gasteiger partial charge is 0.258 e. The van der Waals surface area contributed by atoms with Gasteiger partial charge in [0.05, 0.1) is 11.4 Å². The Kier molecular flexibility index (Phi) is 4.58. The minimum Gasteiger partial charge on any atom is -0.295 e. The zero-order valence-electron chi connectivity index (χ0n) is 15.5. The number of thioether (sulfide) groups is 1. The number of aryl methyl sites for hydroxylation is 3. The average molecular weight is 376 g/mol. The molecule has 0 atom stereocenters. The Morgan fingerprint density at radius 2 is 1.81 bits per heavy atom. The number of benzene rings is 1. The molecule has 6 heteroatoms. The molecule has 0 spiro atoms. The lowest BCUT2D eigenvalue weighted by molar-refractivity contribution is 0.885. The summed E-state index contributed by atoms with van der Waals surface area (Å²) in [5, 5.41) is 0.884. The van der Waals surface area contributed by atoms with Gasteiger partial charge in [0, 0.05) is 30.4 Å². The lowest BCUT2D eigenvalue weighted by atomic mass is 10.1. The zero-order chi connectivity index (χ0) is 19.0. The van der Waals surface area contributed by atoms with Crippen molar-refractivity contribution in [2.75, 3.05) is 0 Å². The number of rotatable bonds is 4. The lowest BCUT2D eigenvalue weighted by Crippen LogP contribution is -2.15. The molecule has 0 aliphatic rings. The third kappa shape index (κ3) is 3.53. The van der Waals surface area contributed by atoms with Gasteiger partial charge in [-0.25, -0.2) is 9.97 Å². The summed E-state index contributed by atoms with van der Waals surface area (Å²) in [7, 11) is 0. The van der Waals surface area contributed by atoms with Gasteiger partial charge in [0.15, 0.2) is 5.16 Å². The minimum absolute atomic E-state index is 0.0616. The number of nitrogens with zero attached hydrogens (tertiary/aromatic N) is 4. The summed E-state index contributed by atoms with van der Waals surface area (Å²) in [5.41, 5.74) is 5.97. The molecule has 0 aliphatic heterocycles. The summed E-state index contributed by atoms with van der Waals surface area (Å²) in [4.78, 5) is 21.5. The molecule has 5 nitrogen and oxygen atoms in total. The highest BCUT2D eigenvalue weighted by molar-refractivity contribution is 7.98. The summed E-state index contributed by atoms with van der Waals surface area (Å²) < 4.78 is 3.66. The van der Waals surface area contributed by atoms with Crippen molar-refractivity contribution in [2.45, 2.75) is 31.7 Å². The van der Waals surface area contributed by atoms with Gasteiger partial charge >= 0.3 is 0 Å². The van der Waals surface area contributed by atoms with E-state index in [4.69, 9.17) is 0 Å². The molecule has 3 aromatic heterocycles. The molecule has 0 saturated carbocycles. The molecular weight excluding hydrogens is 356 g/mol. The van der Waals surface area contributed by atoms with E-state index in [-0.39, 0.29) is 5.56 Å². The van der Waals surface area contributed by atoms with Crippen molar-refractivity contribution in [1.82, 2.24) is 18.9 Å². The molecule has 0 bridgehead atoms. The minimum atomic E-state index is -0.0616. The van der Waals surface area contributed by atoms with Crippen LogP contribution < -0.4 is 5.56 Å². The van der Waals surface area contributed by atoms with E-state index >= 15 is 0 Å². The quantitative estimate of drug-likeness (QED) is 0.503. The Morgan fingerprint density at radius 1 is 1.00 bits per heavy atom. The first-order valence-electron chi connectivity index (χ1n) is 8.74. The lowest BCUT2D eigenvalue weighted by Gasteiger charge is -2.11. The fourth-order valence-corrected chi connectivity index (χ4v) is 3.88. The van der Waals surface area contributed by atoms with Crippen molar-refractivity contribution in [3.63, 3.8) is 0 Å². The molecule has 0 radical (unpaired) electrons. The summed E-state index contributed by atoms with van der Waals surface area (Å²) in [6.07, 6.45) is 5.54. The van der Waals surface area contributed by atoms with E-state index < -0.39 is 0 Å². The van der Waals surface area contributed by atoms with Crippen molar-refractivity contribution in [3.05, 3.63) is 87.7 Å². The molecule has 0 saturated heterocycles. The summed E-state index contributed by atoms with van der Waals surface area (Å²) in [5.74, 6) is 0.585. The zero-order valence-corrected chi connectivity index (χ0v) is 16.3. The first-order chi connectivity index (χ1) is 13.0. The Hall–Kier alpha value is -2.86. The van der Waals surface area contributed by atoms with E-state index in [1.807, 2.05) is 25.3 Å². The van der Waals surface area contributed by atoms with Crippen LogP contribution in [0, 0.1) is 20.8 Å². The number of imidazole rings is 1. The van der Waals surface area contributed by atoms with Crippen molar-refractivity contribution in [2.24, 2.45) is 0 Å². The van der Waals surface area contributed by atoms with Gasteiger partial charge in [-0.05, 0) is 55.7 Å². The fraction of sp³-hybridized carbons (Fsp3) is 0.190. The molecule has 4 rings (SSSR count). The van der Waals surface area contributed by atoms with E-state index in [0.29, 0.717) is 11.4 Å². The molecule has 0 unspecified atom stereocenters. The van der Waals surface area contributed by atoms with Crippen LogP contribution in [0.2, 0.25) is 0 Å². The highest BCUT2D eigenvalue weighted by Crippen LogP contribution is 2.25. The van der Waals surface area contributed by atoms with Gasteiger partial charge in [0.2, 0.25) is 0 Å². The Labute approximate surface area is 161 Å². The Morgan fingerprint density at radius 3 is 2.67 bits per heavy atom. The number of hydrogen-bond acceptors (Lipinski definition) is 4. The Bertz CT molecular complexity index is 1190. The molecule has 0 amide bonds. The van der Waals surface area contributed by atoms with Gasteiger partial charge < -0.3 is 0 Å². The number of aromatic nitrogens is 4. The summed E-state index contributed by atoms with van der Waals surface area (Å²) in [6.45, 7) is 6.17. The van der Waals surface area contributed by atoms with Crippen LogP contribution in [-0.4, -0.2) is 18.9 Å². The molecule has 27 heavy (non-hydrogen) atoms. The predicted octanol–water partition coefficient (Wildman–Crippen LogP) is 4.10. The van der Waals surface area contributed by atoms with Crippen LogP contribution in [0.15, 0.2) is 64.9 Å². The highest BCUT2D eigenvalue weighted by Gasteiger charge is 2.10. The first kappa shape index (κ1) is 17.5. The topological polar surface area (TPSA) is 52.2 Å². The highest BCUT2D eigenvalue weighted by atomic mass is 32.2. The van der Waals surface area contributed by atoms with Gasteiger partial charge in [-0.15, -0.1) is 0 Å². The third-order valence-electron chi connectivity index (χ3n) is 4.46. The van der Waals surface area contributed by atoms with E-state index in [2.05, 4.69) is 46.6 Å². The average Bonchev–Trinajstić information content (AvgIpc) is 3.10. The molecule has 4 aromatic rings. The second-order valence-corrected chi connectivity index (χ2v) is 7.62. The van der Waals surface area contributed by atoms with Crippen LogP contribution in [0.1, 0.15) is 22.4 Å². The van der Waals surface area contributed by atoms with Gasteiger partial charge in [-0.3, -0.25) is 13.8 Å². The molecule has 0 fully saturated rings. The van der Waals surface area contributed by atoms with Crippen molar-refractivity contribution < 1.29 is 0 Å². The molecule has 0 N–H and O–H groups in total. The largest absolute Gasteiger partial charge is 0.295 e. The molecular formula is C21H20N4OS. The second kappa shape index (κ2) is 7.04. The van der Waals surface area contributed by atoms with Gasteiger partial charge in [0.1, 0.15) is 5.65 Å². The monoisotopic (exact) mass is 376 g/mol. The van der Waals surface area contributed by atoms with Crippen LogP contribution in [0.4, 0.5) is 0 Å². The maximum Gasteiger partial charge on any atom is 0.258 e. The normalized spacial score (nSPS) is 11.2. The van der Waals surface area contributed by atoms with Crippen LogP contribution in [0.25, 0.3) is 11.3 Å². The number of hydrogen-bond donors (Lipinski definition) is 0. The SMILES string of the molecule is Cc1ccc(C)c(-n2ccnc2SCc2cc(=O)n3ccc(C)cc3n2)c1. The second-order valence-electron chi connectivity index (χ2n) is 6.68. The summed E-state index contributed by atoms with van der Waals surface area (Å²) in [6, 6.07) is 11.8. The Balaban J connectivity index is 1.64. The van der Waals surface area contributed by atoms with Gasteiger partial charge in [0.25, 0.3) is 5.56 Å². The van der Waals surface area contributed by atoms with Crippen molar-refractivity contribution >= 4 is 17.4 Å². The molecule has 3 heterocycles. The van der Waals surface area contributed by atoms with E-state index in [1.54, 1.807) is 34.6 Å². The van der Waals surface area contributed by atoms with Crippen molar-refractivity contribution in [3.8, 4) is 5.69 Å². The summed E-state index contributed by atoms with van der Waals surface area (Å²) >= 11 is 1.58. The van der Waals surface area contributed by atoms with Crippen LogP contribution in [0.3, 0.4) is 0 Å². The van der Waals surface area contributed by atoms with E-state index in [1.165, 1.54) is 11.1 Å². The number of fused-ring (bicyclic) bond motifs is 1. The molecule has 136 valence electrons. The van der Waals surface area contributed by atoms with Crippen LogP contribution >= 0.6 is 11.8 Å². The maximum atomic E-state index is 12.3. The van der Waals surface area contributed by atoms with Crippen molar-refractivity contribution in [1.29, 1.82) is 0 Å². The molecule has 0 aliphatic carbocycles. The fourth-order valence-electron chi connectivity index (χ4n) is 3.03. The van der Waals surface area contributed by atoms with Crippen LogP contribution in [-0.2, 0) is 5.75 Å². The van der Waals surface area contributed by atoms with E-state index in [9.17, 15) is 4.79 Å². The van der Waals surface area contributed by atoms with Gasteiger partial charge in [-0.1, -0.05) is 23.9 Å².